The lowest BCUT2D eigenvalue weighted by Gasteiger charge is -2.26. The summed E-state index contributed by atoms with van der Waals surface area (Å²) < 4.78 is 25.3. The van der Waals surface area contributed by atoms with E-state index in [-0.39, 0.29) is 11.9 Å². The standard InChI is InChI=1S/C22H26N2O3S/c1-15-6-7-17(13-16(15)2)20-5-4-11-23(20)22(25)19-8-9-21-18(14-19)10-12-24(21)28(3,26)27/h6-9,13-14,20H,4-5,10-12H2,1-3H3. The fraction of sp³-hybridized carbons (Fsp3) is 0.409. The Kier molecular flexibility index (Phi) is 4.70. The van der Waals surface area contributed by atoms with Crippen LogP contribution in [0.5, 0.6) is 0 Å². The molecule has 0 spiro atoms. The highest BCUT2D eigenvalue weighted by Gasteiger charge is 2.32. The number of hydrogen-bond acceptors (Lipinski definition) is 3. The lowest BCUT2D eigenvalue weighted by Crippen LogP contribution is -2.30. The molecule has 148 valence electrons. The zero-order valence-electron chi connectivity index (χ0n) is 16.6. The van der Waals surface area contributed by atoms with E-state index in [1.54, 1.807) is 12.1 Å². The van der Waals surface area contributed by atoms with Gasteiger partial charge in [0.05, 0.1) is 18.0 Å². The Labute approximate surface area is 167 Å². The molecule has 0 aromatic heterocycles. The molecule has 4 rings (SSSR count). The van der Waals surface area contributed by atoms with Crippen LogP contribution in [0.3, 0.4) is 0 Å². The van der Waals surface area contributed by atoms with Crippen LogP contribution < -0.4 is 4.31 Å². The van der Waals surface area contributed by atoms with E-state index in [9.17, 15) is 13.2 Å². The number of anilines is 1. The Balaban J connectivity index is 1.61. The normalized spacial score (nSPS) is 19.2. The third-order valence-electron chi connectivity index (χ3n) is 6.01. The molecular weight excluding hydrogens is 372 g/mol. The number of sulfonamides is 1. The van der Waals surface area contributed by atoms with Crippen LogP contribution in [-0.2, 0) is 16.4 Å². The monoisotopic (exact) mass is 398 g/mol. The van der Waals surface area contributed by atoms with E-state index in [0.717, 1.165) is 24.9 Å². The van der Waals surface area contributed by atoms with Gasteiger partial charge in [0.25, 0.3) is 5.91 Å². The Hall–Kier alpha value is -2.34. The minimum atomic E-state index is -3.28. The molecule has 5 nitrogen and oxygen atoms in total. The van der Waals surface area contributed by atoms with Crippen molar-refractivity contribution in [2.75, 3.05) is 23.7 Å². The zero-order valence-corrected chi connectivity index (χ0v) is 17.4. The number of carbonyl (C=O) groups is 1. The SMILES string of the molecule is Cc1ccc(C2CCCN2C(=O)c2ccc3c(c2)CCN3S(C)(=O)=O)cc1C. The first-order chi connectivity index (χ1) is 13.3. The average molecular weight is 399 g/mol. The van der Waals surface area contributed by atoms with Gasteiger partial charge in [-0.3, -0.25) is 9.10 Å². The number of aryl methyl sites for hydroxylation is 2. The fourth-order valence-electron chi connectivity index (χ4n) is 4.34. The molecule has 0 saturated carbocycles. The molecule has 1 unspecified atom stereocenters. The maximum Gasteiger partial charge on any atom is 0.254 e. The molecule has 2 heterocycles. The first kappa shape index (κ1) is 19.0. The van der Waals surface area contributed by atoms with Crippen molar-refractivity contribution >= 4 is 21.6 Å². The Morgan fingerprint density at radius 1 is 1.04 bits per heavy atom. The van der Waals surface area contributed by atoms with Crippen LogP contribution in [-0.4, -0.2) is 38.6 Å². The summed E-state index contributed by atoms with van der Waals surface area (Å²) in [7, 11) is -3.28. The van der Waals surface area contributed by atoms with Crippen molar-refractivity contribution in [3.8, 4) is 0 Å². The summed E-state index contributed by atoms with van der Waals surface area (Å²) in [6.07, 6.45) is 3.83. The van der Waals surface area contributed by atoms with E-state index >= 15 is 0 Å². The number of hydrogen-bond donors (Lipinski definition) is 0. The second kappa shape index (κ2) is 6.92. The van der Waals surface area contributed by atoms with Gasteiger partial charge in [-0.1, -0.05) is 18.2 Å². The number of rotatable bonds is 3. The van der Waals surface area contributed by atoms with Crippen molar-refractivity contribution in [2.24, 2.45) is 0 Å². The maximum atomic E-state index is 13.3. The van der Waals surface area contributed by atoms with Crippen LogP contribution in [0.2, 0.25) is 0 Å². The molecule has 1 atom stereocenters. The van der Waals surface area contributed by atoms with E-state index in [0.29, 0.717) is 24.2 Å². The second-order valence-corrected chi connectivity index (χ2v) is 9.84. The highest BCUT2D eigenvalue weighted by atomic mass is 32.2. The molecule has 2 aromatic rings. The highest BCUT2D eigenvalue weighted by Crippen LogP contribution is 2.36. The quantitative estimate of drug-likeness (QED) is 0.794. The second-order valence-electron chi connectivity index (χ2n) is 7.93. The van der Waals surface area contributed by atoms with Crippen LogP contribution >= 0.6 is 0 Å². The highest BCUT2D eigenvalue weighted by molar-refractivity contribution is 7.92. The van der Waals surface area contributed by atoms with E-state index in [1.807, 2.05) is 11.0 Å². The number of fused-ring (bicyclic) bond motifs is 1. The molecule has 2 aromatic carbocycles. The van der Waals surface area contributed by atoms with E-state index in [1.165, 1.54) is 27.3 Å². The molecule has 2 aliphatic rings. The Morgan fingerprint density at radius 2 is 1.82 bits per heavy atom. The van der Waals surface area contributed by atoms with Gasteiger partial charge in [0.1, 0.15) is 0 Å². The predicted molar refractivity (Wildman–Crippen MR) is 111 cm³/mol. The summed E-state index contributed by atoms with van der Waals surface area (Å²) in [4.78, 5) is 15.2. The van der Waals surface area contributed by atoms with Crippen molar-refractivity contribution in [2.45, 2.75) is 39.2 Å². The van der Waals surface area contributed by atoms with Gasteiger partial charge in [0.15, 0.2) is 0 Å². The molecular formula is C22H26N2O3S. The number of benzene rings is 2. The topological polar surface area (TPSA) is 57.7 Å². The molecule has 6 heteroatoms. The fourth-order valence-corrected chi connectivity index (χ4v) is 5.30. The third kappa shape index (κ3) is 3.30. The Morgan fingerprint density at radius 3 is 2.54 bits per heavy atom. The molecule has 0 bridgehead atoms. The molecule has 28 heavy (non-hydrogen) atoms. The van der Waals surface area contributed by atoms with Crippen molar-refractivity contribution in [1.29, 1.82) is 0 Å². The van der Waals surface area contributed by atoms with Gasteiger partial charge in [-0.25, -0.2) is 8.42 Å². The van der Waals surface area contributed by atoms with Crippen LogP contribution in [0.15, 0.2) is 36.4 Å². The van der Waals surface area contributed by atoms with Crippen molar-refractivity contribution < 1.29 is 13.2 Å². The zero-order chi connectivity index (χ0) is 20.1. The van der Waals surface area contributed by atoms with E-state index in [4.69, 9.17) is 0 Å². The van der Waals surface area contributed by atoms with Gasteiger partial charge in [-0.05, 0) is 73.6 Å². The van der Waals surface area contributed by atoms with Crippen LogP contribution in [0.4, 0.5) is 5.69 Å². The minimum Gasteiger partial charge on any atom is -0.332 e. The van der Waals surface area contributed by atoms with Gasteiger partial charge in [-0.15, -0.1) is 0 Å². The van der Waals surface area contributed by atoms with Crippen molar-refractivity contribution in [3.05, 3.63) is 64.2 Å². The van der Waals surface area contributed by atoms with Gasteiger partial charge in [0.2, 0.25) is 10.0 Å². The predicted octanol–water partition coefficient (Wildman–Crippen LogP) is 3.60. The van der Waals surface area contributed by atoms with Crippen LogP contribution in [0.25, 0.3) is 0 Å². The molecule has 0 radical (unpaired) electrons. The van der Waals surface area contributed by atoms with E-state index in [2.05, 4.69) is 32.0 Å². The molecule has 0 aliphatic carbocycles. The van der Waals surface area contributed by atoms with E-state index < -0.39 is 10.0 Å². The molecule has 2 aliphatic heterocycles. The molecule has 1 saturated heterocycles. The molecule has 1 fully saturated rings. The van der Waals surface area contributed by atoms with Crippen LogP contribution in [0, 0.1) is 13.8 Å². The van der Waals surface area contributed by atoms with Gasteiger partial charge >= 0.3 is 0 Å². The summed E-state index contributed by atoms with van der Waals surface area (Å²) in [6.45, 7) is 5.40. The van der Waals surface area contributed by atoms with Gasteiger partial charge in [0, 0.05) is 18.7 Å². The first-order valence-electron chi connectivity index (χ1n) is 9.74. The summed E-state index contributed by atoms with van der Waals surface area (Å²) in [6, 6.07) is 12.0. The van der Waals surface area contributed by atoms with Crippen LogP contribution in [0.1, 0.15) is 51.5 Å². The summed E-state index contributed by atoms with van der Waals surface area (Å²) in [5.74, 6) is 0.0290. The van der Waals surface area contributed by atoms with Crippen molar-refractivity contribution in [3.63, 3.8) is 0 Å². The lowest BCUT2D eigenvalue weighted by atomic mass is 9.99. The van der Waals surface area contributed by atoms with Gasteiger partial charge < -0.3 is 4.90 Å². The summed E-state index contributed by atoms with van der Waals surface area (Å²) in [5, 5.41) is 0. The first-order valence-corrected chi connectivity index (χ1v) is 11.6. The summed E-state index contributed by atoms with van der Waals surface area (Å²) >= 11 is 0. The van der Waals surface area contributed by atoms with Crippen molar-refractivity contribution in [1.82, 2.24) is 4.90 Å². The number of likely N-dealkylation sites (tertiary alicyclic amines) is 1. The lowest BCUT2D eigenvalue weighted by molar-refractivity contribution is 0.0735. The molecule has 1 amide bonds. The largest absolute Gasteiger partial charge is 0.332 e. The number of nitrogens with zero attached hydrogens (tertiary/aromatic N) is 2. The summed E-state index contributed by atoms with van der Waals surface area (Å²) in [5.41, 5.74) is 5.97. The third-order valence-corrected chi connectivity index (χ3v) is 7.19. The number of amides is 1. The molecule has 0 N–H and O–H groups in total. The maximum absolute atomic E-state index is 13.3. The smallest absolute Gasteiger partial charge is 0.254 e. The minimum absolute atomic E-state index is 0.0290. The average Bonchev–Trinajstić information content (AvgIpc) is 3.29. The van der Waals surface area contributed by atoms with Gasteiger partial charge in [-0.2, -0.15) is 0 Å². The number of carbonyl (C=O) groups excluding carboxylic acids is 1. The Bertz CT molecular complexity index is 1050.